The van der Waals surface area contributed by atoms with Gasteiger partial charge in [-0.1, -0.05) is 46.5 Å². The van der Waals surface area contributed by atoms with Crippen molar-refractivity contribution in [3.63, 3.8) is 0 Å². The third kappa shape index (κ3) is 2.51. The molecule has 1 aromatic rings. The lowest BCUT2D eigenvalue weighted by atomic mass is 10.1. The Kier molecular flexibility index (Phi) is 3.38. The van der Waals surface area contributed by atoms with Gasteiger partial charge in [0, 0.05) is 10.4 Å². The smallest absolute Gasteiger partial charge is 0.0560 e. The largest absolute Gasteiger partial charge is 0.0924 e. The molecule has 0 saturated heterocycles. The average molecular weight is 194 g/mol. The third-order valence-corrected chi connectivity index (χ3v) is 1.81. The van der Waals surface area contributed by atoms with Crippen LogP contribution in [0.3, 0.4) is 0 Å². The van der Waals surface area contributed by atoms with Crippen LogP contribution in [0, 0.1) is 6.92 Å². The first-order valence-electron chi connectivity index (χ1n) is 3.70. The van der Waals surface area contributed by atoms with Crippen LogP contribution in [0.5, 0.6) is 0 Å². The molecule has 0 bridgehead atoms. The van der Waals surface area contributed by atoms with Gasteiger partial charge in [0.25, 0.3) is 0 Å². The van der Waals surface area contributed by atoms with E-state index in [0.29, 0.717) is 5.70 Å². The lowest BCUT2D eigenvalue weighted by molar-refractivity contribution is 1.42. The van der Waals surface area contributed by atoms with Gasteiger partial charge in [-0.3, -0.25) is 0 Å². The number of benzene rings is 1. The minimum atomic E-state index is 0.434. The van der Waals surface area contributed by atoms with Crippen LogP contribution in [-0.4, -0.2) is 0 Å². The zero-order valence-corrected chi connectivity index (χ0v) is 7.86. The second kappa shape index (κ2) is 4.55. The van der Waals surface area contributed by atoms with E-state index in [1.54, 1.807) is 0 Å². The molecule has 0 fully saturated rings. The van der Waals surface area contributed by atoms with Gasteiger partial charge in [-0.2, -0.15) is 0 Å². The Labute approximate surface area is 81.3 Å². The second-order valence-corrected chi connectivity index (χ2v) is 2.77. The molecular formula is C9H8ClN3. The van der Waals surface area contributed by atoms with Crippen LogP contribution in [0.2, 0.25) is 0 Å². The Morgan fingerprint density at radius 1 is 1.46 bits per heavy atom. The van der Waals surface area contributed by atoms with Crippen LogP contribution < -0.4 is 0 Å². The standard InChI is InChI=1S/C9H8ClN3/c1-7-2-4-8(5-3-7)9(6-10)12-13-11/h2-6H,1H3/b9-6-. The molecule has 66 valence electrons. The van der Waals surface area contributed by atoms with E-state index in [1.807, 2.05) is 31.2 Å². The minimum absolute atomic E-state index is 0.434. The van der Waals surface area contributed by atoms with E-state index in [0.717, 1.165) is 11.1 Å². The van der Waals surface area contributed by atoms with Crippen molar-refractivity contribution in [3.05, 3.63) is 51.4 Å². The summed E-state index contributed by atoms with van der Waals surface area (Å²) in [5.41, 5.74) is 11.9. The quantitative estimate of drug-likeness (QED) is 0.389. The Morgan fingerprint density at radius 2 is 2.08 bits per heavy atom. The Balaban J connectivity index is 3.07. The SMILES string of the molecule is Cc1ccc(/C(=C/Cl)N=[N+]=[N-])cc1. The first-order chi connectivity index (χ1) is 6.27. The van der Waals surface area contributed by atoms with Gasteiger partial charge in [-0.05, 0) is 18.0 Å². The van der Waals surface area contributed by atoms with Crippen molar-refractivity contribution in [2.24, 2.45) is 5.11 Å². The lowest BCUT2D eigenvalue weighted by Crippen LogP contribution is -1.79. The van der Waals surface area contributed by atoms with Crippen molar-refractivity contribution in [1.29, 1.82) is 0 Å². The summed E-state index contributed by atoms with van der Waals surface area (Å²) >= 11 is 5.49. The first kappa shape index (κ1) is 9.65. The van der Waals surface area contributed by atoms with Gasteiger partial charge in [-0.25, -0.2) is 0 Å². The molecule has 3 nitrogen and oxygen atoms in total. The fraction of sp³-hybridized carbons (Fsp3) is 0.111. The third-order valence-electron chi connectivity index (χ3n) is 1.60. The molecule has 1 aromatic carbocycles. The molecule has 0 unspecified atom stereocenters. The summed E-state index contributed by atoms with van der Waals surface area (Å²) in [5.74, 6) is 0. The molecule has 13 heavy (non-hydrogen) atoms. The van der Waals surface area contributed by atoms with Crippen molar-refractivity contribution in [3.8, 4) is 0 Å². The molecule has 0 spiro atoms. The Hall–Kier alpha value is -1.44. The topological polar surface area (TPSA) is 48.8 Å². The predicted molar refractivity (Wildman–Crippen MR) is 54.2 cm³/mol. The molecule has 1 rings (SSSR count). The van der Waals surface area contributed by atoms with Crippen LogP contribution in [0.1, 0.15) is 11.1 Å². The molecule has 0 amide bonds. The van der Waals surface area contributed by atoms with Gasteiger partial charge in [0.2, 0.25) is 0 Å². The number of hydrogen-bond acceptors (Lipinski definition) is 1. The zero-order chi connectivity index (χ0) is 9.68. The normalized spacial score (nSPS) is 10.8. The molecule has 0 aliphatic heterocycles. The van der Waals surface area contributed by atoms with Gasteiger partial charge in [0.15, 0.2) is 0 Å². The number of halogens is 1. The Morgan fingerprint density at radius 3 is 2.54 bits per heavy atom. The maximum absolute atomic E-state index is 8.24. The highest BCUT2D eigenvalue weighted by molar-refractivity contribution is 6.28. The predicted octanol–water partition coefficient (Wildman–Crippen LogP) is 3.84. The number of aryl methyl sites for hydroxylation is 1. The van der Waals surface area contributed by atoms with E-state index < -0.39 is 0 Å². The molecule has 0 N–H and O–H groups in total. The van der Waals surface area contributed by atoms with Crippen LogP contribution >= 0.6 is 11.6 Å². The van der Waals surface area contributed by atoms with Gasteiger partial charge >= 0.3 is 0 Å². The second-order valence-electron chi connectivity index (χ2n) is 2.55. The summed E-state index contributed by atoms with van der Waals surface area (Å²) < 4.78 is 0. The number of nitrogens with zero attached hydrogens (tertiary/aromatic N) is 3. The molecule has 0 atom stereocenters. The van der Waals surface area contributed by atoms with Crippen molar-refractivity contribution in [1.82, 2.24) is 0 Å². The Bertz CT molecular complexity index is 361. The molecule has 0 heterocycles. The molecule has 0 aliphatic rings. The van der Waals surface area contributed by atoms with E-state index in [-0.39, 0.29) is 0 Å². The maximum Gasteiger partial charge on any atom is 0.0560 e. The van der Waals surface area contributed by atoms with Crippen molar-refractivity contribution >= 4 is 17.3 Å². The molecular weight excluding hydrogens is 186 g/mol. The summed E-state index contributed by atoms with van der Waals surface area (Å²) in [6.07, 6.45) is 0. The number of azide groups is 1. The summed E-state index contributed by atoms with van der Waals surface area (Å²) in [6.45, 7) is 1.99. The van der Waals surface area contributed by atoms with E-state index in [4.69, 9.17) is 17.1 Å². The minimum Gasteiger partial charge on any atom is -0.0924 e. The van der Waals surface area contributed by atoms with Crippen LogP contribution in [0.15, 0.2) is 34.9 Å². The zero-order valence-electron chi connectivity index (χ0n) is 7.11. The fourth-order valence-electron chi connectivity index (χ4n) is 0.915. The highest BCUT2D eigenvalue weighted by Gasteiger charge is 1.96. The number of hydrogen-bond donors (Lipinski definition) is 0. The lowest BCUT2D eigenvalue weighted by Gasteiger charge is -1.99. The van der Waals surface area contributed by atoms with E-state index in [2.05, 4.69) is 10.0 Å². The van der Waals surface area contributed by atoms with Gasteiger partial charge in [-0.15, -0.1) is 0 Å². The summed E-state index contributed by atoms with van der Waals surface area (Å²) in [4.78, 5) is 2.68. The van der Waals surface area contributed by atoms with E-state index in [9.17, 15) is 0 Å². The van der Waals surface area contributed by atoms with E-state index in [1.165, 1.54) is 5.54 Å². The highest BCUT2D eigenvalue weighted by atomic mass is 35.5. The average Bonchev–Trinajstić information content (AvgIpc) is 2.16. The molecule has 0 saturated carbocycles. The van der Waals surface area contributed by atoms with Crippen molar-refractivity contribution in [2.45, 2.75) is 6.92 Å². The van der Waals surface area contributed by atoms with Crippen LogP contribution in [0.25, 0.3) is 16.1 Å². The van der Waals surface area contributed by atoms with Crippen molar-refractivity contribution < 1.29 is 0 Å². The number of rotatable bonds is 2. The summed E-state index contributed by atoms with van der Waals surface area (Å²) in [6, 6.07) is 7.59. The van der Waals surface area contributed by atoms with Crippen LogP contribution in [0.4, 0.5) is 0 Å². The monoisotopic (exact) mass is 193 g/mol. The molecule has 0 aliphatic carbocycles. The van der Waals surface area contributed by atoms with Crippen molar-refractivity contribution in [2.75, 3.05) is 0 Å². The summed E-state index contributed by atoms with van der Waals surface area (Å²) in [5, 5.41) is 3.45. The van der Waals surface area contributed by atoms with Gasteiger partial charge in [0.05, 0.1) is 5.70 Å². The highest BCUT2D eigenvalue weighted by Crippen LogP contribution is 2.17. The van der Waals surface area contributed by atoms with E-state index >= 15 is 0 Å². The van der Waals surface area contributed by atoms with Gasteiger partial charge in [0.1, 0.15) is 0 Å². The summed E-state index contributed by atoms with van der Waals surface area (Å²) in [7, 11) is 0. The fourth-order valence-corrected chi connectivity index (χ4v) is 1.08. The molecule has 0 aromatic heterocycles. The first-order valence-corrected chi connectivity index (χ1v) is 4.14. The molecule has 4 heteroatoms. The van der Waals surface area contributed by atoms with Gasteiger partial charge < -0.3 is 0 Å². The maximum atomic E-state index is 8.24. The molecule has 0 radical (unpaired) electrons. The van der Waals surface area contributed by atoms with Crippen LogP contribution in [-0.2, 0) is 0 Å².